The molecule has 28 heavy (non-hydrogen) atoms. The molecule has 7 nitrogen and oxygen atoms in total. The summed E-state index contributed by atoms with van der Waals surface area (Å²) in [4.78, 5) is 34.0. The Bertz CT molecular complexity index is 1010. The van der Waals surface area contributed by atoms with Crippen molar-refractivity contribution < 1.29 is 9.18 Å². The SMILES string of the molecule is C=CC1CC(C=C)(c2cc(NC(=O)c3c[nH]c(=O)cn3)ccc2F)N=C(N)S1. The number of nitrogens with zero attached hydrogens (tertiary/aromatic N) is 2. The molecule has 2 unspecified atom stereocenters. The number of aromatic nitrogens is 2. The first kappa shape index (κ1) is 19.6. The number of hydrogen-bond donors (Lipinski definition) is 3. The van der Waals surface area contributed by atoms with Gasteiger partial charge in [-0.1, -0.05) is 23.9 Å². The number of amidine groups is 1. The third-order valence-electron chi connectivity index (χ3n) is 4.29. The van der Waals surface area contributed by atoms with Gasteiger partial charge in [0.05, 0.1) is 6.20 Å². The van der Waals surface area contributed by atoms with Crippen LogP contribution < -0.4 is 16.6 Å². The number of H-pyrrole nitrogens is 1. The van der Waals surface area contributed by atoms with E-state index in [-0.39, 0.29) is 16.5 Å². The Hall–Kier alpha value is -3.20. The van der Waals surface area contributed by atoms with Gasteiger partial charge in [0.2, 0.25) is 0 Å². The van der Waals surface area contributed by atoms with E-state index in [1.807, 2.05) is 0 Å². The Labute approximate surface area is 164 Å². The van der Waals surface area contributed by atoms with E-state index in [2.05, 4.69) is 33.4 Å². The van der Waals surface area contributed by atoms with Crippen LogP contribution in [0.15, 0.2) is 65.7 Å². The lowest BCUT2D eigenvalue weighted by Crippen LogP contribution is -2.34. The number of amides is 1. The summed E-state index contributed by atoms with van der Waals surface area (Å²) >= 11 is 1.35. The average Bonchev–Trinajstić information content (AvgIpc) is 2.69. The molecule has 0 fully saturated rings. The van der Waals surface area contributed by atoms with Gasteiger partial charge in [-0.2, -0.15) is 0 Å². The van der Waals surface area contributed by atoms with Gasteiger partial charge >= 0.3 is 0 Å². The van der Waals surface area contributed by atoms with Crippen LogP contribution in [0.4, 0.5) is 10.1 Å². The van der Waals surface area contributed by atoms with Gasteiger partial charge in [0, 0.05) is 22.7 Å². The van der Waals surface area contributed by atoms with E-state index in [1.54, 1.807) is 12.2 Å². The first-order chi connectivity index (χ1) is 13.4. The number of nitrogens with two attached hydrogens (primary N) is 1. The smallest absolute Gasteiger partial charge is 0.275 e. The third kappa shape index (κ3) is 3.89. The van der Waals surface area contributed by atoms with Crippen molar-refractivity contribution in [3.05, 3.63) is 83.3 Å². The second kappa shape index (κ2) is 7.81. The molecule has 2 heterocycles. The highest BCUT2D eigenvalue weighted by atomic mass is 32.2. The summed E-state index contributed by atoms with van der Waals surface area (Å²) in [6, 6.07) is 4.16. The minimum absolute atomic E-state index is 0.0203. The third-order valence-corrected chi connectivity index (χ3v) is 5.28. The number of halogens is 1. The molecular weight excluding hydrogens is 381 g/mol. The van der Waals surface area contributed by atoms with Crippen LogP contribution in [0.1, 0.15) is 22.5 Å². The van der Waals surface area contributed by atoms with Gasteiger partial charge in [-0.15, -0.1) is 13.2 Å². The van der Waals surface area contributed by atoms with Crippen molar-refractivity contribution in [2.24, 2.45) is 10.7 Å². The van der Waals surface area contributed by atoms with Gasteiger partial charge in [0.1, 0.15) is 17.1 Å². The monoisotopic (exact) mass is 399 g/mol. The second-order valence-electron chi connectivity index (χ2n) is 6.12. The zero-order valence-corrected chi connectivity index (χ0v) is 15.6. The number of aromatic amines is 1. The van der Waals surface area contributed by atoms with Crippen molar-refractivity contribution in [1.82, 2.24) is 9.97 Å². The van der Waals surface area contributed by atoms with Gasteiger partial charge < -0.3 is 16.0 Å². The summed E-state index contributed by atoms with van der Waals surface area (Å²) in [5, 5.41) is 2.88. The quantitative estimate of drug-likeness (QED) is 0.669. The Kier molecular flexibility index (Phi) is 5.46. The predicted octanol–water partition coefficient (Wildman–Crippen LogP) is 2.55. The number of rotatable bonds is 5. The van der Waals surface area contributed by atoms with Crippen molar-refractivity contribution in [2.75, 3.05) is 5.32 Å². The number of nitrogens with one attached hydrogen (secondary N) is 2. The predicted molar refractivity (Wildman–Crippen MR) is 109 cm³/mol. The molecule has 0 bridgehead atoms. The maximum absolute atomic E-state index is 14.7. The fourth-order valence-corrected chi connectivity index (χ4v) is 3.87. The number of carbonyl (C=O) groups excluding carboxylic acids is 1. The molecule has 0 saturated heterocycles. The van der Waals surface area contributed by atoms with Gasteiger partial charge in [0.25, 0.3) is 11.5 Å². The topological polar surface area (TPSA) is 113 Å². The lowest BCUT2D eigenvalue weighted by molar-refractivity contribution is 0.102. The van der Waals surface area contributed by atoms with E-state index in [0.29, 0.717) is 17.3 Å². The van der Waals surface area contributed by atoms with Crippen LogP contribution in [0.25, 0.3) is 0 Å². The number of aliphatic imine (C=N–C) groups is 1. The van der Waals surface area contributed by atoms with Crippen LogP contribution in [0.5, 0.6) is 0 Å². The molecule has 0 saturated carbocycles. The van der Waals surface area contributed by atoms with Crippen LogP contribution in [-0.2, 0) is 5.54 Å². The molecule has 1 aromatic carbocycles. The molecule has 0 spiro atoms. The fraction of sp³-hybridized carbons (Fsp3) is 0.158. The standard InChI is InChI=1S/C19H18FN5O2S/c1-3-12-8-19(4-2,25-18(21)28-12)13-7-11(5-6-14(13)20)24-17(27)15-9-23-16(26)10-22-15/h3-7,9-10,12H,1-2,8H2,(H2,21,25)(H,23,26)(H,24,27). The molecule has 1 aromatic heterocycles. The van der Waals surface area contributed by atoms with E-state index >= 15 is 0 Å². The van der Waals surface area contributed by atoms with E-state index < -0.39 is 22.8 Å². The van der Waals surface area contributed by atoms with E-state index in [4.69, 9.17) is 5.73 Å². The summed E-state index contributed by atoms with van der Waals surface area (Å²) < 4.78 is 14.7. The lowest BCUT2D eigenvalue weighted by atomic mass is 9.85. The molecule has 9 heteroatoms. The zero-order valence-electron chi connectivity index (χ0n) is 14.8. The minimum atomic E-state index is -1.07. The average molecular weight is 399 g/mol. The number of benzene rings is 1. The van der Waals surface area contributed by atoms with Crippen LogP contribution in [0.3, 0.4) is 0 Å². The molecule has 0 radical (unpaired) electrons. The molecule has 2 aromatic rings. The molecular formula is C19H18FN5O2S. The molecule has 0 aliphatic carbocycles. The molecule has 144 valence electrons. The van der Waals surface area contributed by atoms with Gasteiger partial charge in [0.15, 0.2) is 5.17 Å². The Morgan fingerprint density at radius 3 is 2.89 bits per heavy atom. The number of thioether (sulfide) groups is 1. The van der Waals surface area contributed by atoms with Crippen molar-refractivity contribution >= 4 is 28.5 Å². The van der Waals surface area contributed by atoms with Crippen LogP contribution in [-0.4, -0.2) is 26.3 Å². The summed E-state index contributed by atoms with van der Waals surface area (Å²) in [6.45, 7) is 7.60. The van der Waals surface area contributed by atoms with Crippen LogP contribution in [0, 0.1) is 5.82 Å². The number of carbonyl (C=O) groups is 1. The van der Waals surface area contributed by atoms with E-state index in [9.17, 15) is 14.0 Å². The highest BCUT2D eigenvalue weighted by Crippen LogP contribution is 2.42. The molecule has 2 atom stereocenters. The van der Waals surface area contributed by atoms with E-state index in [1.165, 1.54) is 36.2 Å². The minimum Gasteiger partial charge on any atom is -0.378 e. The van der Waals surface area contributed by atoms with Gasteiger partial charge in [-0.25, -0.2) is 14.4 Å². The molecule has 1 amide bonds. The summed E-state index contributed by atoms with van der Waals surface area (Å²) in [7, 11) is 0. The Morgan fingerprint density at radius 2 is 2.25 bits per heavy atom. The zero-order chi connectivity index (χ0) is 20.3. The van der Waals surface area contributed by atoms with Gasteiger partial charge in [-0.05, 0) is 24.6 Å². The number of anilines is 1. The summed E-state index contributed by atoms with van der Waals surface area (Å²) in [5.41, 5.74) is 5.05. The van der Waals surface area contributed by atoms with Crippen molar-refractivity contribution in [3.8, 4) is 0 Å². The Balaban J connectivity index is 1.96. The highest BCUT2D eigenvalue weighted by Gasteiger charge is 2.37. The van der Waals surface area contributed by atoms with Gasteiger partial charge in [-0.3, -0.25) is 9.59 Å². The van der Waals surface area contributed by atoms with E-state index in [0.717, 1.165) is 6.20 Å². The largest absolute Gasteiger partial charge is 0.378 e. The Morgan fingerprint density at radius 1 is 1.46 bits per heavy atom. The lowest BCUT2D eigenvalue weighted by Gasteiger charge is -2.34. The first-order valence-electron chi connectivity index (χ1n) is 8.31. The van der Waals surface area contributed by atoms with Crippen molar-refractivity contribution in [1.29, 1.82) is 0 Å². The maximum Gasteiger partial charge on any atom is 0.275 e. The normalized spacial score (nSPS) is 21.5. The fourth-order valence-electron chi connectivity index (χ4n) is 2.91. The van der Waals surface area contributed by atoms with Crippen molar-refractivity contribution in [2.45, 2.75) is 17.2 Å². The summed E-state index contributed by atoms with van der Waals surface area (Å²) in [5.74, 6) is -1.04. The highest BCUT2D eigenvalue weighted by molar-refractivity contribution is 8.14. The molecule has 1 aliphatic rings. The molecule has 4 N–H and O–H groups in total. The second-order valence-corrected chi connectivity index (χ2v) is 7.38. The van der Waals surface area contributed by atoms with Crippen molar-refractivity contribution in [3.63, 3.8) is 0 Å². The first-order valence-corrected chi connectivity index (χ1v) is 9.19. The number of hydrogen-bond acceptors (Lipinski definition) is 6. The summed E-state index contributed by atoms with van der Waals surface area (Å²) in [6.07, 6.45) is 5.91. The van der Waals surface area contributed by atoms with Crippen LogP contribution in [0.2, 0.25) is 0 Å². The maximum atomic E-state index is 14.7. The molecule has 3 rings (SSSR count). The molecule has 1 aliphatic heterocycles. The van der Waals surface area contributed by atoms with Crippen LogP contribution >= 0.6 is 11.8 Å².